The van der Waals surface area contributed by atoms with Crippen LogP contribution in [0.15, 0.2) is 152 Å². The standard InChI is InChI=1S/C42H25B5/c43-38-30(34-24-32(26-14-5-1-6-15-26)39(44)36(41(34)46)28-18-9-3-10-19-28)22-13-23-31(38)35-25-33(27-16-7-2-8-17-27)40(45)37(42(35)47)29-20-11-4-12-21-29/h1-25H. The lowest BCUT2D eigenvalue weighted by Gasteiger charge is -2.24. The summed E-state index contributed by atoms with van der Waals surface area (Å²) in [5, 5.41) is 0. The lowest BCUT2D eigenvalue weighted by molar-refractivity contribution is 1.61. The van der Waals surface area contributed by atoms with Gasteiger partial charge in [0.15, 0.2) is 0 Å². The molecule has 0 bridgehead atoms. The molecule has 0 fully saturated rings. The molecule has 0 aliphatic heterocycles. The van der Waals surface area contributed by atoms with Crippen LogP contribution in [0.5, 0.6) is 0 Å². The van der Waals surface area contributed by atoms with Crippen molar-refractivity contribution in [1.82, 2.24) is 0 Å². The molecule has 0 amide bonds. The molecule has 0 aliphatic rings. The first-order valence-electron chi connectivity index (χ1n) is 15.5. The first kappa shape index (κ1) is 30.5. The van der Waals surface area contributed by atoms with Crippen molar-refractivity contribution >= 4 is 66.5 Å². The highest BCUT2D eigenvalue weighted by molar-refractivity contribution is 6.51. The first-order valence-corrected chi connectivity index (χ1v) is 15.5. The van der Waals surface area contributed by atoms with Crippen LogP contribution in [0.2, 0.25) is 0 Å². The van der Waals surface area contributed by atoms with Gasteiger partial charge in [0.2, 0.25) is 0 Å². The van der Waals surface area contributed by atoms with Gasteiger partial charge < -0.3 is 0 Å². The molecule has 0 atom stereocenters. The van der Waals surface area contributed by atoms with Crippen molar-refractivity contribution < 1.29 is 0 Å². The van der Waals surface area contributed by atoms with Gasteiger partial charge in [0.25, 0.3) is 0 Å². The Bertz CT molecular complexity index is 2060. The molecular weight excluding hydrogens is 559 g/mol. The van der Waals surface area contributed by atoms with Gasteiger partial charge in [-0.15, -0.1) is 0 Å². The molecule has 7 aromatic carbocycles. The zero-order valence-corrected chi connectivity index (χ0v) is 25.8. The third-order valence-corrected chi connectivity index (χ3v) is 8.80. The average Bonchev–Trinajstić information content (AvgIpc) is 3.11. The first-order chi connectivity index (χ1) is 22.9. The molecule has 10 radical (unpaired) electrons. The second-order valence-corrected chi connectivity index (χ2v) is 11.6. The van der Waals surface area contributed by atoms with Crippen LogP contribution >= 0.6 is 0 Å². The van der Waals surface area contributed by atoms with E-state index < -0.39 is 0 Å². The molecular formula is C42H25B5. The van der Waals surface area contributed by atoms with E-state index in [9.17, 15) is 0 Å². The molecule has 7 aromatic rings. The van der Waals surface area contributed by atoms with Crippen molar-refractivity contribution in [3.05, 3.63) is 152 Å². The lowest BCUT2D eigenvalue weighted by atomic mass is 9.67. The van der Waals surface area contributed by atoms with E-state index in [1.807, 2.05) is 152 Å². The van der Waals surface area contributed by atoms with E-state index in [-0.39, 0.29) is 0 Å². The molecule has 0 saturated heterocycles. The average molecular weight is 584 g/mol. The van der Waals surface area contributed by atoms with Crippen LogP contribution in [-0.2, 0) is 0 Å². The van der Waals surface area contributed by atoms with Crippen LogP contribution < -0.4 is 27.3 Å². The second kappa shape index (κ2) is 12.9. The Kier molecular flexibility index (Phi) is 8.40. The summed E-state index contributed by atoms with van der Waals surface area (Å²) in [4.78, 5) is 0. The smallest absolute Gasteiger partial charge is 0.0819 e. The Morgan fingerprint density at radius 2 is 0.532 bits per heavy atom. The molecule has 0 aliphatic carbocycles. The minimum atomic E-state index is 0.552. The van der Waals surface area contributed by atoms with E-state index in [0.717, 1.165) is 66.8 Å². The van der Waals surface area contributed by atoms with Crippen molar-refractivity contribution in [2.45, 2.75) is 0 Å². The fourth-order valence-corrected chi connectivity index (χ4v) is 6.45. The topological polar surface area (TPSA) is 0 Å². The van der Waals surface area contributed by atoms with Gasteiger partial charge in [-0.2, -0.15) is 0 Å². The Hall–Kier alpha value is -5.14. The number of benzene rings is 7. The van der Waals surface area contributed by atoms with Crippen LogP contribution in [0.1, 0.15) is 0 Å². The lowest BCUT2D eigenvalue weighted by Crippen LogP contribution is -2.27. The minimum Gasteiger partial charge on any atom is -0.0819 e. The molecule has 0 spiro atoms. The second-order valence-electron chi connectivity index (χ2n) is 11.6. The highest BCUT2D eigenvalue weighted by Gasteiger charge is 2.20. The monoisotopic (exact) mass is 584 g/mol. The largest absolute Gasteiger partial charge is 0.115 e. The predicted molar refractivity (Wildman–Crippen MR) is 206 cm³/mol. The number of hydrogen-bond donors (Lipinski definition) is 0. The van der Waals surface area contributed by atoms with E-state index in [1.165, 1.54) is 0 Å². The SMILES string of the molecule is [B]c1c(-c2cc(-c3ccccc3)c([B])c(-c3ccccc3)c2[B])cccc1-c1cc(-c2ccccc2)c([B])c(-c2ccccc2)c1[B]. The van der Waals surface area contributed by atoms with E-state index >= 15 is 0 Å². The molecule has 0 unspecified atom stereocenters. The molecule has 7 rings (SSSR count). The Balaban J connectivity index is 1.50. The molecule has 208 valence electrons. The van der Waals surface area contributed by atoms with Gasteiger partial charge in [-0.3, -0.25) is 0 Å². The van der Waals surface area contributed by atoms with Gasteiger partial charge in [0.1, 0.15) is 39.2 Å². The normalized spacial score (nSPS) is 11.0. The number of hydrogen-bond acceptors (Lipinski definition) is 0. The predicted octanol–water partition coefficient (Wildman–Crippen LogP) is 5.66. The van der Waals surface area contributed by atoms with E-state index in [4.69, 9.17) is 39.2 Å². The summed E-state index contributed by atoms with van der Waals surface area (Å²) < 4.78 is 0. The van der Waals surface area contributed by atoms with Gasteiger partial charge in [-0.05, 0) is 78.9 Å². The van der Waals surface area contributed by atoms with Crippen LogP contribution in [0, 0.1) is 0 Å². The summed E-state index contributed by atoms with van der Waals surface area (Å²) in [6.45, 7) is 0. The maximum atomic E-state index is 7.14. The Morgan fingerprint density at radius 1 is 0.234 bits per heavy atom. The van der Waals surface area contributed by atoms with Crippen LogP contribution in [0.3, 0.4) is 0 Å². The van der Waals surface area contributed by atoms with Crippen molar-refractivity contribution in [2.75, 3.05) is 0 Å². The molecule has 0 aromatic heterocycles. The summed E-state index contributed by atoms with van der Waals surface area (Å²) in [5.74, 6) is 0. The van der Waals surface area contributed by atoms with Gasteiger partial charge in [0.05, 0.1) is 0 Å². The highest BCUT2D eigenvalue weighted by Crippen LogP contribution is 2.32. The van der Waals surface area contributed by atoms with Crippen molar-refractivity contribution in [3.8, 4) is 66.8 Å². The number of rotatable bonds is 6. The van der Waals surface area contributed by atoms with Gasteiger partial charge in [-0.25, -0.2) is 0 Å². The van der Waals surface area contributed by atoms with Crippen molar-refractivity contribution in [3.63, 3.8) is 0 Å². The summed E-state index contributed by atoms with van der Waals surface area (Å²) in [6.07, 6.45) is 0. The van der Waals surface area contributed by atoms with E-state index in [0.29, 0.717) is 27.3 Å². The summed E-state index contributed by atoms with van der Waals surface area (Å²) >= 11 is 0. The van der Waals surface area contributed by atoms with Crippen molar-refractivity contribution in [1.29, 1.82) is 0 Å². The van der Waals surface area contributed by atoms with Gasteiger partial charge >= 0.3 is 0 Å². The van der Waals surface area contributed by atoms with E-state index in [2.05, 4.69) is 0 Å². The Labute approximate surface area is 284 Å². The zero-order valence-electron chi connectivity index (χ0n) is 25.8. The summed E-state index contributed by atoms with van der Waals surface area (Å²) in [6, 6.07) is 50.2. The summed E-state index contributed by atoms with van der Waals surface area (Å²) in [5.41, 5.74) is 13.2. The fraction of sp³-hybridized carbons (Fsp3) is 0. The maximum Gasteiger partial charge on any atom is 0.115 e. The quantitative estimate of drug-likeness (QED) is 0.222. The van der Waals surface area contributed by atoms with Crippen molar-refractivity contribution in [2.24, 2.45) is 0 Å². The molecule has 47 heavy (non-hydrogen) atoms. The zero-order chi connectivity index (χ0) is 32.5. The van der Waals surface area contributed by atoms with Gasteiger partial charge in [0, 0.05) is 0 Å². The molecule has 0 N–H and O–H groups in total. The minimum absolute atomic E-state index is 0.552. The fourth-order valence-electron chi connectivity index (χ4n) is 6.45. The Morgan fingerprint density at radius 3 is 0.872 bits per heavy atom. The van der Waals surface area contributed by atoms with Crippen LogP contribution in [-0.4, -0.2) is 39.2 Å². The third-order valence-electron chi connectivity index (χ3n) is 8.80. The molecule has 0 heterocycles. The van der Waals surface area contributed by atoms with Gasteiger partial charge in [-0.1, -0.05) is 167 Å². The summed E-state index contributed by atoms with van der Waals surface area (Å²) in [7, 11) is 35.0. The maximum absolute atomic E-state index is 7.14. The van der Waals surface area contributed by atoms with Crippen LogP contribution in [0.4, 0.5) is 0 Å². The van der Waals surface area contributed by atoms with Crippen LogP contribution in [0.25, 0.3) is 66.8 Å². The highest BCUT2D eigenvalue weighted by atomic mass is 14.2. The molecule has 0 nitrogen and oxygen atoms in total. The molecule has 5 heteroatoms. The molecule has 0 saturated carbocycles. The third kappa shape index (κ3) is 5.61. The van der Waals surface area contributed by atoms with E-state index in [1.54, 1.807) is 0 Å².